The fourth-order valence-corrected chi connectivity index (χ4v) is 6.62. The second-order valence-corrected chi connectivity index (χ2v) is 13.0. The molecule has 3 aromatic carbocycles. The normalized spacial score (nSPS) is 15.0. The Morgan fingerprint density at radius 1 is 1.00 bits per heavy atom. The summed E-state index contributed by atoms with van der Waals surface area (Å²) in [4.78, 5) is 25.7. The number of anilines is 1. The molecule has 0 bridgehead atoms. The van der Waals surface area contributed by atoms with E-state index in [-0.39, 0.29) is 29.0 Å². The number of halogens is 3. The van der Waals surface area contributed by atoms with E-state index in [9.17, 15) is 18.0 Å². The van der Waals surface area contributed by atoms with Crippen LogP contribution in [0.3, 0.4) is 0 Å². The maximum atomic E-state index is 13.0. The van der Waals surface area contributed by atoms with E-state index in [1.165, 1.54) is 19.1 Å². The molecule has 1 aliphatic rings. The van der Waals surface area contributed by atoms with Crippen LogP contribution in [0.5, 0.6) is 0 Å². The molecular weight excluding hydrogens is 629 g/mol. The molecule has 0 radical (unpaired) electrons. The standard InChI is InChI=1S/C27H26BrCl2N3O5S/c1-16(27(35)36)31-26(34)20-10-21(28)12-24(11-20)32-39(37,38)15-17-13-33(14-17)25(18-2-6-22(29)7-3-18)19-4-8-23(30)9-5-19/h2-12,16-17,25,32H,13-15H2,1H3,(H,31,34)(H,35,36)/t16-/m0/s1. The van der Waals surface area contributed by atoms with E-state index < -0.39 is 27.9 Å². The van der Waals surface area contributed by atoms with E-state index in [2.05, 4.69) is 30.9 Å². The summed E-state index contributed by atoms with van der Waals surface area (Å²) in [5.41, 5.74) is 2.41. The van der Waals surface area contributed by atoms with Crippen LogP contribution in [0.1, 0.15) is 34.5 Å². The predicted octanol–water partition coefficient (Wildman–Crippen LogP) is 5.42. The summed E-state index contributed by atoms with van der Waals surface area (Å²) in [7, 11) is -3.74. The summed E-state index contributed by atoms with van der Waals surface area (Å²) in [6, 6.07) is 18.4. The Morgan fingerprint density at radius 2 is 1.54 bits per heavy atom. The number of sulfonamides is 1. The second kappa shape index (κ2) is 12.3. The van der Waals surface area contributed by atoms with Crippen molar-refractivity contribution < 1.29 is 23.1 Å². The fourth-order valence-electron chi connectivity index (χ4n) is 4.48. The average Bonchev–Trinajstić information content (AvgIpc) is 2.83. The summed E-state index contributed by atoms with van der Waals surface area (Å²) in [5.74, 6) is -2.00. The number of hydrogen-bond donors (Lipinski definition) is 3. The van der Waals surface area contributed by atoms with Gasteiger partial charge in [-0.1, -0.05) is 63.4 Å². The molecule has 1 heterocycles. The first-order valence-electron chi connectivity index (χ1n) is 12.0. The molecule has 39 heavy (non-hydrogen) atoms. The smallest absolute Gasteiger partial charge is 0.325 e. The number of rotatable bonds is 10. The third kappa shape index (κ3) is 7.73. The van der Waals surface area contributed by atoms with Gasteiger partial charge in [0.15, 0.2) is 0 Å². The Kier molecular flexibility index (Phi) is 9.23. The van der Waals surface area contributed by atoms with Crippen LogP contribution in [0.2, 0.25) is 10.0 Å². The van der Waals surface area contributed by atoms with Gasteiger partial charge in [0.05, 0.1) is 17.5 Å². The van der Waals surface area contributed by atoms with Crippen LogP contribution in [-0.2, 0) is 14.8 Å². The van der Waals surface area contributed by atoms with Crippen molar-refractivity contribution in [3.05, 3.63) is 97.9 Å². The summed E-state index contributed by atoms with van der Waals surface area (Å²) in [6.07, 6.45) is 0. The van der Waals surface area contributed by atoms with Gasteiger partial charge >= 0.3 is 5.97 Å². The quantitative estimate of drug-likeness (QED) is 0.269. The highest BCUT2D eigenvalue weighted by Gasteiger charge is 2.36. The van der Waals surface area contributed by atoms with Crippen LogP contribution in [0, 0.1) is 5.92 Å². The predicted molar refractivity (Wildman–Crippen MR) is 156 cm³/mol. The molecule has 12 heteroatoms. The topological polar surface area (TPSA) is 116 Å². The Bertz CT molecular complexity index is 1420. The molecule has 206 valence electrons. The lowest BCUT2D eigenvalue weighted by Crippen LogP contribution is -2.51. The summed E-state index contributed by atoms with van der Waals surface area (Å²) >= 11 is 15.5. The molecular formula is C27H26BrCl2N3O5S. The van der Waals surface area contributed by atoms with Crippen molar-refractivity contribution in [2.24, 2.45) is 5.92 Å². The van der Waals surface area contributed by atoms with Crippen molar-refractivity contribution in [1.82, 2.24) is 10.2 Å². The van der Waals surface area contributed by atoms with Gasteiger partial charge in [0.2, 0.25) is 10.0 Å². The minimum Gasteiger partial charge on any atom is -0.480 e. The number of nitrogens with zero attached hydrogens (tertiary/aromatic N) is 1. The minimum atomic E-state index is -3.74. The van der Waals surface area contributed by atoms with Gasteiger partial charge in [-0.3, -0.25) is 19.2 Å². The van der Waals surface area contributed by atoms with Gasteiger partial charge < -0.3 is 10.4 Å². The van der Waals surface area contributed by atoms with Crippen molar-refractivity contribution >= 4 is 66.7 Å². The first-order valence-corrected chi connectivity index (χ1v) is 15.2. The fraction of sp³-hybridized carbons (Fsp3) is 0.259. The molecule has 1 aliphatic heterocycles. The van der Waals surface area contributed by atoms with Gasteiger partial charge in [0.1, 0.15) is 6.04 Å². The highest BCUT2D eigenvalue weighted by atomic mass is 79.9. The van der Waals surface area contributed by atoms with Crippen LogP contribution >= 0.6 is 39.1 Å². The number of benzene rings is 3. The maximum Gasteiger partial charge on any atom is 0.325 e. The lowest BCUT2D eigenvalue weighted by Gasteiger charge is -2.44. The lowest BCUT2D eigenvalue weighted by atomic mass is 9.91. The molecule has 0 spiro atoms. The largest absolute Gasteiger partial charge is 0.480 e. The van der Waals surface area contributed by atoms with Gasteiger partial charge in [-0.2, -0.15) is 0 Å². The molecule has 0 saturated carbocycles. The molecule has 1 saturated heterocycles. The van der Waals surface area contributed by atoms with E-state index in [4.69, 9.17) is 28.3 Å². The zero-order valence-electron chi connectivity index (χ0n) is 20.8. The Morgan fingerprint density at radius 3 is 2.05 bits per heavy atom. The minimum absolute atomic E-state index is 0.0780. The zero-order valence-corrected chi connectivity index (χ0v) is 24.7. The molecule has 3 N–H and O–H groups in total. The van der Waals surface area contributed by atoms with Gasteiger partial charge in [-0.15, -0.1) is 0 Å². The lowest BCUT2D eigenvalue weighted by molar-refractivity contribution is -0.138. The number of carboxylic acids is 1. The van der Waals surface area contributed by atoms with Gasteiger partial charge in [-0.05, 0) is 60.5 Å². The SMILES string of the molecule is C[C@H](NC(=O)c1cc(Br)cc(NS(=O)(=O)CC2CN(C(c3ccc(Cl)cc3)c3ccc(Cl)cc3)C2)c1)C(=O)O. The number of carbonyl (C=O) groups is 2. The van der Waals surface area contributed by atoms with E-state index in [0.717, 1.165) is 11.1 Å². The molecule has 1 fully saturated rings. The Balaban J connectivity index is 1.43. The average molecular weight is 655 g/mol. The van der Waals surface area contributed by atoms with Crippen molar-refractivity contribution in [3.63, 3.8) is 0 Å². The number of carbonyl (C=O) groups excluding carboxylic acids is 1. The third-order valence-electron chi connectivity index (χ3n) is 6.33. The highest BCUT2D eigenvalue weighted by Crippen LogP contribution is 2.36. The van der Waals surface area contributed by atoms with Gasteiger partial charge in [-0.25, -0.2) is 8.42 Å². The monoisotopic (exact) mass is 653 g/mol. The van der Waals surface area contributed by atoms with Crippen LogP contribution in [0.25, 0.3) is 0 Å². The molecule has 1 amide bonds. The Hall–Kier alpha value is -2.63. The molecule has 4 rings (SSSR count). The number of aliphatic carboxylic acids is 1. The molecule has 3 aromatic rings. The number of amides is 1. The number of carboxylic acid groups (broad SMARTS) is 1. The van der Waals surface area contributed by atoms with E-state index in [1.54, 1.807) is 6.07 Å². The van der Waals surface area contributed by atoms with Gasteiger partial charge in [0.25, 0.3) is 5.91 Å². The zero-order chi connectivity index (χ0) is 28.3. The molecule has 1 atom stereocenters. The van der Waals surface area contributed by atoms with Gasteiger partial charge in [0, 0.05) is 39.1 Å². The van der Waals surface area contributed by atoms with E-state index >= 15 is 0 Å². The molecule has 0 aromatic heterocycles. The van der Waals surface area contributed by atoms with Crippen molar-refractivity contribution in [2.75, 3.05) is 23.6 Å². The molecule has 0 unspecified atom stereocenters. The third-order valence-corrected chi connectivity index (χ3v) is 8.75. The second-order valence-electron chi connectivity index (χ2n) is 9.47. The van der Waals surface area contributed by atoms with Crippen LogP contribution in [0.4, 0.5) is 5.69 Å². The number of nitrogens with one attached hydrogen (secondary N) is 2. The van der Waals surface area contributed by atoms with Crippen LogP contribution in [0.15, 0.2) is 71.2 Å². The van der Waals surface area contributed by atoms with E-state index in [0.29, 0.717) is 27.6 Å². The molecule has 0 aliphatic carbocycles. The molecule has 8 nitrogen and oxygen atoms in total. The van der Waals surface area contributed by atoms with Crippen LogP contribution < -0.4 is 10.0 Å². The maximum absolute atomic E-state index is 13.0. The van der Waals surface area contributed by atoms with Crippen molar-refractivity contribution in [3.8, 4) is 0 Å². The number of hydrogen-bond acceptors (Lipinski definition) is 5. The summed E-state index contributed by atoms with van der Waals surface area (Å²) < 4.78 is 29.0. The van der Waals surface area contributed by atoms with Crippen LogP contribution in [-0.4, -0.2) is 55.2 Å². The summed E-state index contributed by atoms with van der Waals surface area (Å²) in [5, 5.41) is 12.7. The Labute approximate surface area is 245 Å². The summed E-state index contributed by atoms with van der Waals surface area (Å²) in [6.45, 7) is 2.47. The number of likely N-dealkylation sites (tertiary alicyclic amines) is 1. The first-order chi connectivity index (χ1) is 18.4. The first kappa shape index (κ1) is 29.4. The van der Waals surface area contributed by atoms with Crippen molar-refractivity contribution in [2.45, 2.75) is 19.0 Å². The van der Waals surface area contributed by atoms with E-state index in [1.807, 2.05) is 48.5 Å². The van der Waals surface area contributed by atoms with Crippen molar-refractivity contribution in [1.29, 1.82) is 0 Å². The highest BCUT2D eigenvalue weighted by molar-refractivity contribution is 9.10.